The molecule has 0 fully saturated rings. The Morgan fingerprint density at radius 1 is 0.762 bits per heavy atom. The summed E-state index contributed by atoms with van der Waals surface area (Å²) in [5, 5.41) is 0. The molecule has 0 radical (unpaired) electrons. The number of hydrogen-bond acceptors (Lipinski definition) is 1. The minimum absolute atomic E-state index is 1.20. The molecule has 2 heteroatoms. The van der Waals surface area contributed by atoms with Gasteiger partial charge in [0.2, 0.25) is 0 Å². The van der Waals surface area contributed by atoms with Crippen LogP contribution in [-0.2, 0) is 0 Å². The molecule has 0 aliphatic rings. The van der Waals surface area contributed by atoms with Crippen LogP contribution < -0.4 is 4.90 Å². The van der Waals surface area contributed by atoms with Crippen molar-refractivity contribution in [2.24, 2.45) is 0 Å². The first-order valence-electron chi connectivity index (χ1n) is 7.18. The second kappa shape index (κ2) is 5.49. The molecular formula is C19H20N2. The van der Waals surface area contributed by atoms with Crippen molar-refractivity contribution in [1.82, 2.24) is 4.57 Å². The van der Waals surface area contributed by atoms with E-state index in [1.54, 1.807) is 0 Å². The molecule has 21 heavy (non-hydrogen) atoms. The van der Waals surface area contributed by atoms with Gasteiger partial charge in [-0.3, -0.25) is 0 Å². The van der Waals surface area contributed by atoms with Gasteiger partial charge in [0.15, 0.2) is 0 Å². The molecule has 0 unspecified atom stereocenters. The molecule has 106 valence electrons. The molecule has 2 aromatic carbocycles. The largest absolute Gasteiger partial charge is 0.378 e. The third-order valence-corrected chi connectivity index (χ3v) is 3.77. The second-order valence-electron chi connectivity index (χ2n) is 5.47. The summed E-state index contributed by atoms with van der Waals surface area (Å²) >= 11 is 0. The highest BCUT2D eigenvalue weighted by Gasteiger charge is 2.09. The maximum atomic E-state index is 2.30. The summed E-state index contributed by atoms with van der Waals surface area (Å²) in [6, 6.07) is 23.5. The van der Waals surface area contributed by atoms with E-state index in [2.05, 4.69) is 97.2 Å². The van der Waals surface area contributed by atoms with Crippen LogP contribution in [0.3, 0.4) is 0 Å². The summed E-state index contributed by atoms with van der Waals surface area (Å²) in [6.45, 7) is 2.15. The number of aryl methyl sites for hydroxylation is 1. The normalized spacial score (nSPS) is 10.6. The maximum absolute atomic E-state index is 2.30. The van der Waals surface area contributed by atoms with Crippen LogP contribution in [0, 0.1) is 6.92 Å². The number of hydrogen-bond donors (Lipinski definition) is 0. The lowest BCUT2D eigenvalue weighted by atomic mass is 10.1. The lowest BCUT2D eigenvalue weighted by molar-refractivity contribution is 1.02. The first-order valence-corrected chi connectivity index (χ1v) is 7.18. The molecule has 3 rings (SSSR count). The van der Waals surface area contributed by atoms with E-state index in [-0.39, 0.29) is 0 Å². The number of nitrogens with zero attached hydrogens (tertiary/aromatic N) is 2. The smallest absolute Gasteiger partial charge is 0.0531 e. The Morgan fingerprint density at radius 3 is 2.05 bits per heavy atom. The maximum Gasteiger partial charge on any atom is 0.0531 e. The summed E-state index contributed by atoms with van der Waals surface area (Å²) in [5.74, 6) is 0. The van der Waals surface area contributed by atoms with Crippen LogP contribution >= 0.6 is 0 Å². The Balaban J connectivity index is 2.08. The molecule has 0 N–H and O–H groups in total. The molecule has 0 atom stereocenters. The highest BCUT2D eigenvalue weighted by molar-refractivity contribution is 5.64. The molecule has 0 saturated carbocycles. The van der Waals surface area contributed by atoms with E-state index in [0.29, 0.717) is 0 Å². The second-order valence-corrected chi connectivity index (χ2v) is 5.47. The van der Waals surface area contributed by atoms with Gasteiger partial charge in [-0.25, -0.2) is 0 Å². The van der Waals surface area contributed by atoms with E-state index in [1.165, 1.54) is 28.3 Å². The highest BCUT2D eigenvalue weighted by Crippen LogP contribution is 2.27. The summed E-state index contributed by atoms with van der Waals surface area (Å²) in [5.41, 5.74) is 6.12. The van der Waals surface area contributed by atoms with Crippen molar-refractivity contribution in [1.29, 1.82) is 0 Å². The summed E-state index contributed by atoms with van der Waals surface area (Å²) in [7, 11) is 4.12. The zero-order valence-electron chi connectivity index (χ0n) is 12.7. The van der Waals surface area contributed by atoms with Gasteiger partial charge >= 0.3 is 0 Å². The quantitative estimate of drug-likeness (QED) is 0.683. The van der Waals surface area contributed by atoms with Gasteiger partial charge in [-0.2, -0.15) is 0 Å². The van der Waals surface area contributed by atoms with Crippen molar-refractivity contribution in [2.75, 3.05) is 19.0 Å². The molecule has 0 aliphatic carbocycles. The fourth-order valence-corrected chi connectivity index (χ4v) is 2.62. The van der Waals surface area contributed by atoms with Gasteiger partial charge in [-0.05, 0) is 48.9 Å². The van der Waals surface area contributed by atoms with E-state index in [1.807, 2.05) is 0 Å². The van der Waals surface area contributed by atoms with E-state index < -0.39 is 0 Å². The third-order valence-electron chi connectivity index (χ3n) is 3.77. The Hall–Kier alpha value is -2.48. The van der Waals surface area contributed by atoms with Crippen molar-refractivity contribution in [3.8, 4) is 16.9 Å². The zero-order valence-corrected chi connectivity index (χ0v) is 12.7. The molecule has 0 spiro atoms. The highest BCUT2D eigenvalue weighted by atomic mass is 15.1. The van der Waals surface area contributed by atoms with Crippen molar-refractivity contribution in [2.45, 2.75) is 6.92 Å². The standard InChI is InChI=1S/C19H20N2/c1-15-9-14-19(16-7-5-4-6-8-16)21(15)18-12-10-17(11-13-18)20(2)3/h4-14H,1-3H3. The summed E-state index contributed by atoms with van der Waals surface area (Å²) in [6.07, 6.45) is 0. The topological polar surface area (TPSA) is 8.17 Å². The van der Waals surface area contributed by atoms with Crippen molar-refractivity contribution in [3.05, 3.63) is 72.4 Å². The van der Waals surface area contributed by atoms with Crippen molar-refractivity contribution in [3.63, 3.8) is 0 Å². The molecular weight excluding hydrogens is 256 g/mol. The molecule has 0 bridgehead atoms. The van der Waals surface area contributed by atoms with Crippen LogP contribution in [0.15, 0.2) is 66.7 Å². The number of anilines is 1. The van der Waals surface area contributed by atoms with E-state index in [4.69, 9.17) is 0 Å². The van der Waals surface area contributed by atoms with Gasteiger partial charge in [0.05, 0.1) is 5.69 Å². The van der Waals surface area contributed by atoms with Crippen molar-refractivity contribution < 1.29 is 0 Å². The Labute approximate surface area is 126 Å². The first-order chi connectivity index (χ1) is 10.2. The lowest BCUT2D eigenvalue weighted by Gasteiger charge is -2.15. The van der Waals surface area contributed by atoms with Crippen LogP contribution in [0.2, 0.25) is 0 Å². The number of benzene rings is 2. The minimum Gasteiger partial charge on any atom is -0.378 e. The van der Waals surface area contributed by atoms with Crippen LogP contribution in [0.5, 0.6) is 0 Å². The average Bonchev–Trinajstić information content (AvgIpc) is 2.90. The third kappa shape index (κ3) is 2.57. The summed E-state index contributed by atoms with van der Waals surface area (Å²) in [4.78, 5) is 2.12. The van der Waals surface area contributed by atoms with Crippen molar-refractivity contribution >= 4 is 5.69 Å². The van der Waals surface area contributed by atoms with E-state index in [0.717, 1.165) is 0 Å². The minimum atomic E-state index is 1.20. The molecule has 3 aromatic rings. The fourth-order valence-electron chi connectivity index (χ4n) is 2.62. The van der Waals surface area contributed by atoms with Crippen LogP contribution in [-0.4, -0.2) is 18.7 Å². The van der Waals surface area contributed by atoms with Crippen LogP contribution in [0.4, 0.5) is 5.69 Å². The molecule has 0 saturated heterocycles. The Kier molecular flexibility index (Phi) is 3.53. The summed E-state index contributed by atoms with van der Waals surface area (Å²) < 4.78 is 2.30. The Bertz CT molecular complexity index is 722. The fraction of sp³-hybridized carbons (Fsp3) is 0.158. The van der Waals surface area contributed by atoms with Gasteiger partial charge in [0, 0.05) is 31.2 Å². The average molecular weight is 276 g/mol. The SMILES string of the molecule is Cc1ccc(-c2ccccc2)n1-c1ccc(N(C)C)cc1. The molecule has 1 aromatic heterocycles. The molecule has 1 heterocycles. The van der Waals surface area contributed by atoms with Gasteiger partial charge in [0.25, 0.3) is 0 Å². The zero-order chi connectivity index (χ0) is 14.8. The monoisotopic (exact) mass is 276 g/mol. The first kappa shape index (κ1) is 13.5. The predicted molar refractivity (Wildman–Crippen MR) is 90.3 cm³/mol. The number of aromatic nitrogens is 1. The molecule has 2 nitrogen and oxygen atoms in total. The van der Waals surface area contributed by atoms with Crippen LogP contribution in [0.25, 0.3) is 16.9 Å². The predicted octanol–water partition coefficient (Wildman–Crippen LogP) is 4.52. The van der Waals surface area contributed by atoms with E-state index >= 15 is 0 Å². The van der Waals surface area contributed by atoms with Gasteiger partial charge in [-0.15, -0.1) is 0 Å². The van der Waals surface area contributed by atoms with Gasteiger partial charge < -0.3 is 9.47 Å². The molecule has 0 amide bonds. The van der Waals surface area contributed by atoms with Crippen LogP contribution in [0.1, 0.15) is 5.69 Å². The Morgan fingerprint density at radius 2 is 1.43 bits per heavy atom. The van der Waals surface area contributed by atoms with Gasteiger partial charge in [-0.1, -0.05) is 30.3 Å². The lowest BCUT2D eigenvalue weighted by Crippen LogP contribution is -2.08. The van der Waals surface area contributed by atoms with Gasteiger partial charge in [0.1, 0.15) is 0 Å². The van der Waals surface area contributed by atoms with E-state index in [9.17, 15) is 0 Å². The molecule has 0 aliphatic heterocycles. The number of rotatable bonds is 3.